The van der Waals surface area contributed by atoms with Gasteiger partial charge in [-0.2, -0.15) is 0 Å². The number of hydrogen-bond donors (Lipinski definition) is 3. The number of nitrogen functional groups attached to an aromatic ring is 1. The van der Waals surface area contributed by atoms with Gasteiger partial charge in [0.25, 0.3) is 5.91 Å². The summed E-state index contributed by atoms with van der Waals surface area (Å²) < 4.78 is 0. The molecule has 21 heavy (non-hydrogen) atoms. The monoisotopic (exact) mass is 307 g/mol. The van der Waals surface area contributed by atoms with E-state index in [9.17, 15) is 4.79 Å². The third-order valence-electron chi connectivity index (χ3n) is 4.57. The Morgan fingerprint density at radius 3 is 2.52 bits per heavy atom. The second kappa shape index (κ2) is 5.52. The van der Waals surface area contributed by atoms with Crippen LogP contribution in [0.25, 0.3) is 0 Å². The summed E-state index contributed by atoms with van der Waals surface area (Å²) in [5, 5.41) is 7.59. The first-order valence-corrected chi connectivity index (χ1v) is 8.71. The Morgan fingerprint density at radius 1 is 1.24 bits per heavy atom. The highest BCUT2D eigenvalue weighted by Gasteiger charge is 2.28. The minimum atomic E-state index is -0.0159. The number of nitrogens with two attached hydrogens (primary N) is 1. The van der Waals surface area contributed by atoms with E-state index in [2.05, 4.69) is 24.5 Å². The second-order valence-electron chi connectivity index (χ2n) is 7.23. The molecule has 3 rings (SSSR count). The molecule has 0 unspecified atom stereocenters. The molecule has 4 nitrogen and oxygen atoms in total. The van der Waals surface area contributed by atoms with Crippen LogP contribution in [0.5, 0.6) is 0 Å². The smallest absolute Gasteiger partial charge is 0.263 e. The molecule has 1 aromatic heterocycles. The van der Waals surface area contributed by atoms with E-state index in [4.69, 9.17) is 5.73 Å². The molecule has 116 valence electrons. The molecule has 0 atom stereocenters. The van der Waals surface area contributed by atoms with Crippen molar-refractivity contribution in [1.29, 1.82) is 0 Å². The van der Waals surface area contributed by atoms with Crippen molar-refractivity contribution in [1.82, 2.24) is 5.32 Å². The quantitative estimate of drug-likeness (QED) is 0.796. The molecule has 0 saturated heterocycles. The Morgan fingerprint density at radius 2 is 1.90 bits per heavy atom. The van der Waals surface area contributed by atoms with Crippen LogP contribution < -0.4 is 16.4 Å². The summed E-state index contributed by atoms with van der Waals surface area (Å²) >= 11 is 1.48. The molecule has 4 N–H and O–H groups in total. The van der Waals surface area contributed by atoms with Crippen molar-refractivity contribution < 1.29 is 4.79 Å². The minimum Gasteiger partial charge on any atom is -0.397 e. The number of amides is 1. The lowest BCUT2D eigenvalue weighted by Gasteiger charge is -2.34. The van der Waals surface area contributed by atoms with Gasteiger partial charge in [0.05, 0.1) is 10.7 Å². The van der Waals surface area contributed by atoms with Crippen molar-refractivity contribution >= 4 is 27.9 Å². The van der Waals surface area contributed by atoms with Gasteiger partial charge in [-0.25, -0.2) is 0 Å². The van der Waals surface area contributed by atoms with Gasteiger partial charge in [-0.15, -0.1) is 11.3 Å². The van der Waals surface area contributed by atoms with E-state index in [1.54, 1.807) is 0 Å². The lowest BCUT2D eigenvalue weighted by Crippen LogP contribution is -2.29. The van der Waals surface area contributed by atoms with Gasteiger partial charge in [0.2, 0.25) is 0 Å². The topological polar surface area (TPSA) is 67.1 Å². The summed E-state index contributed by atoms with van der Waals surface area (Å²) in [7, 11) is 0. The number of carbonyl (C=O) groups excluding carboxylic acids is 1. The molecule has 0 radical (unpaired) electrons. The van der Waals surface area contributed by atoms with E-state index >= 15 is 0 Å². The first-order valence-electron chi connectivity index (χ1n) is 7.90. The number of hydrogen-bond acceptors (Lipinski definition) is 4. The normalized spacial score (nSPS) is 22.0. The van der Waals surface area contributed by atoms with Gasteiger partial charge in [0, 0.05) is 12.1 Å². The van der Waals surface area contributed by atoms with Crippen molar-refractivity contribution in [3.63, 3.8) is 0 Å². The molecule has 2 aliphatic carbocycles. The van der Waals surface area contributed by atoms with Gasteiger partial charge in [0.15, 0.2) is 0 Å². The molecule has 0 spiro atoms. The highest BCUT2D eigenvalue weighted by Crippen LogP contribution is 2.38. The third-order valence-corrected chi connectivity index (χ3v) is 5.65. The van der Waals surface area contributed by atoms with Crippen LogP contribution in [0.2, 0.25) is 0 Å². The van der Waals surface area contributed by atoms with Crippen molar-refractivity contribution in [2.45, 2.75) is 64.5 Å². The maximum Gasteiger partial charge on any atom is 0.263 e. The second-order valence-corrected chi connectivity index (χ2v) is 8.28. The average Bonchev–Trinajstić information content (AvgIpc) is 3.14. The van der Waals surface area contributed by atoms with E-state index in [1.807, 2.05) is 6.07 Å². The van der Waals surface area contributed by atoms with Crippen LogP contribution >= 0.6 is 11.3 Å². The number of nitrogens with one attached hydrogen (secondary N) is 2. The van der Waals surface area contributed by atoms with Crippen LogP contribution in [-0.2, 0) is 0 Å². The Hall–Kier alpha value is -1.23. The first-order chi connectivity index (χ1) is 9.93. The third kappa shape index (κ3) is 3.70. The number of carbonyl (C=O) groups is 1. The van der Waals surface area contributed by atoms with Crippen LogP contribution in [0.3, 0.4) is 0 Å². The highest BCUT2D eigenvalue weighted by atomic mass is 32.1. The van der Waals surface area contributed by atoms with Gasteiger partial charge < -0.3 is 16.4 Å². The van der Waals surface area contributed by atoms with Crippen LogP contribution in [0.15, 0.2) is 6.07 Å². The summed E-state index contributed by atoms with van der Waals surface area (Å²) in [4.78, 5) is 12.8. The van der Waals surface area contributed by atoms with Crippen LogP contribution in [0, 0.1) is 5.41 Å². The molecule has 1 aromatic rings. The van der Waals surface area contributed by atoms with Crippen LogP contribution in [-0.4, -0.2) is 18.0 Å². The van der Waals surface area contributed by atoms with E-state index in [1.165, 1.54) is 37.0 Å². The summed E-state index contributed by atoms with van der Waals surface area (Å²) in [5.74, 6) is -0.0159. The van der Waals surface area contributed by atoms with Gasteiger partial charge in [-0.1, -0.05) is 13.8 Å². The summed E-state index contributed by atoms with van der Waals surface area (Å²) in [6.45, 7) is 4.68. The maximum atomic E-state index is 12.1. The molecule has 1 heterocycles. The van der Waals surface area contributed by atoms with Gasteiger partial charge in [-0.3, -0.25) is 4.79 Å². The molecular formula is C16H25N3OS. The van der Waals surface area contributed by atoms with E-state index in [0.29, 0.717) is 28.1 Å². The lowest BCUT2D eigenvalue weighted by atomic mass is 9.76. The summed E-state index contributed by atoms with van der Waals surface area (Å²) in [6.07, 6.45) is 7.07. The van der Waals surface area contributed by atoms with Crippen molar-refractivity contribution in [3.8, 4) is 0 Å². The molecule has 0 aromatic carbocycles. The predicted octanol–water partition coefficient (Wildman–Crippen LogP) is 3.60. The van der Waals surface area contributed by atoms with E-state index in [-0.39, 0.29) is 5.91 Å². The van der Waals surface area contributed by atoms with Crippen LogP contribution in [0.1, 0.15) is 62.0 Å². The molecule has 2 fully saturated rings. The van der Waals surface area contributed by atoms with Gasteiger partial charge in [0.1, 0.15) is 4.88 Å². The van der Waals surface area contributed by atoms with Gasteiger partial charge >= 0.3 is 0 Å². The fourth-order valence-corrected chi connectivity index (χ4v) is 3.84. The zero-order valence-corrected chi connectivity index (χ0v) is 13.7. The number of thiophene rings is 1. The zero-order valence-electron chi connectivity index (χ0n) is 12.9. The molecule has 5 heteroatoms. The molecule has 1 amide bonds. The molecule has 2 saturated carbocycles. The largest absolute Gasteiger partial charge is 0.397 e. The molecule has 2 aliphatic rings. The minimum absolute atomic E-state index is 0.0159. The average molecular weight is 307 g/mol. The highest BCUT2D eigenvalue weighted by molar-refractivity contribution is 7.18. The fraction of sp³-hybridized carbons (Fsp3) is 0.688. The Labute approximate surface area is 130 Å². The Balaban J connectivity index is 1.60. The van der Waals surface area contributed by atoms with Crippen molar-refractivity contribution in [3.05, 3.63) is 10.9 Å². The zero-order chi connectivity index (χ0) is 15.0. The summed E-state index contributed by atoms with van der Waals surface area (Å²) in [5.41, 5.74) is 7.06. The Bertz CT molecular complexity index is 524. The SMILES string of the molecule is CC1(C)CCC(Nc2cc(N)c(C(=O)NC3CC3)s2)CC1. The maximum absolute atomic E-state index is 12.1. The molecule has 0 bridgehead atoms. The fourth-order valence-electron chi connectivity index (χ4n) is 2.88. The molecular weight excluding hydrogens is 282 g/mol. The van der Waals surface area contributed by atoms with Crippen molar-refractivity contribution in [2.75, 3.05) is 11.1 Å². The van der Waals surface area contributed by atoms with Crippen LogP contribution in [0.4, 0.5) is 10.7 Å². The number of anilines is 2. The standard InChI is InChI=1S/C16H25N3OS/c1-16(2)7-5-11(6-8-16)18-13-9-12(17)14(21-13)15(20)19-10-3-4-10/h9-11,18H,3-8,17H2,1-2H3,(H,19,20). The summed E-state index contributed by atoms with van der Waals surface area (Å²) in [6, 6.07) is 2.79. The predicted molar refractivity (Wildman–Crippen MR) is 88.9 cm³/mol. The Kier molecular flexibility index (Phi) is 3.86. The lowest BCUT2D eigenvalue weighted by molar-refractivity contribution is 0.0956. The van der Waals surface area contributed by atoms with E-state index < -0.39 is 0 Å². The van der Waals surface area contributed by atoms with E-state index in [0.717, 1.165) is 17.8 Å². The van der Waals surface area contributed by atoms with Crippen molar-refractivity contribution in [2.24, 2.45) is 5.41 Å². The van der Waals surface area contributed by atoms with Gasteiger partial charge in [-0.05, 0) is 50.0 Å². The first kappa shape index (κ1) is 14.7. The molecule has 0 aliphatic heterocycles. The number of rotatable bonds is 4.